The normalized spacial score (nSPS) is 9.76. The van der Waals surface area contributed by atoms with Crippen molar-refractivity contribution in [1.29, 1.82) is 0 Å². The number of aromatic nitrogens is 1. The van der Waals surface area contributed by atoms with Gasteiger partial charge < -0.3 is 14.2 Å². The first-order valence-electron chi connectivity index (χ1n) is 5.13. The minimum absolute atomic E-state index is 0.619. The smallest absolute Gasteiger partial charge is 0.169 e. The second kappa shape index (κ2) is 5.21. The molecule has 0 atom stereocenters. The lowest BCUT2D eigenvalue weighted by Crippen LogP contribution is -1.92. The fourth-order valence-corrected chi connectivity index (χ4v) is 1.39. The van der Waals surface area contributed by atoms with Crippen LogP contribution in [0.15, 0.2) is 42.7 Å². The van der Waals surface area contributed by atoms with E-state index in [-0.39, 0.29) is 0 Å². The van der Waals surface area contributed by atoms with Crippen LogP contribution in [0.2, 0.25) is 0 Å². The average molecular weight is 231 g/mol. The lowest BCUT2D eigenvalue weighted by molar-refractivity contribution is 0.368. The molecule has 0 aliphatic heterocycles. The van der Waals surface area contributed by atoms with Gasteiger partial charge in [-0.05, 0) is 24.3 Å². The number of rotatable bonds is 4. The maximum atomic E-state index is 5.66. The second-order valence-corrected chi connectivity index (χ2v) is 3.31. The standard InChI is InChI=1S/C13H13NO3/c1-15-10-5-6-12(13(8-10)16-2)17-11-4-3-7-14-9-11/h3-9H,1-2H3. The Morgan fingerprint density at radius 2 is 1.82 bits per heavy atom. The number of nitrogens with zero attached hydrogens (tertiary/aromatic N) is 1. The lowest BCUT2D eigenvalue weighted by atomic mass is 10.3. The first-order chi connectivity index (χ1) is 8.33. The zero-order valence-corrected chi connectivity index (χ0v) is 9.71. The first-order valence-corrected chi connectivity index (χ1v) is 5.13. The fraction of sp³-hybridized carbons (Fsp3) is 0.154. The predicted octanol–water partition coefficient (Wildman–Crippen LogP) is 2.89. The Kier molecular flexibility index (Phi) is 3.45. The van der Waals surface area contributed by atoms with E-state index in [4.69, 9.17) is 14.2 Å². The molecule has 1 aromatic heterocycles. The molecule has 1 heterocycles. The van der Waals surface area contributed by atoms with Crippen molar-refractivity contribution in [2.75, 3.05) is 14.2 Å². The quantitative estimate of drug-likeness (QED) is 0.811. The molecule has 0 spiro atoms. The van der Waals surface area contributed by atoms with Crippen LogP contribution in [0.25, 0.3) is 0 Å². The van der Waals surface area contributed by atoms with Gasteiger partial charge in [0.2, 0.25) is 0 Å². The van der Waals surface area contributed by atoms with E-state index in [9.17, 15) is 0 Å². The van der Waals surface area contributed by atoms with E-state index in [2.05, 4.69) is 4.98 Å². The summed E-state index contributed by atoms with van der Waals surface area (Å²) in [6.45, 7) is 0. The molecule has 2 aromatic rings. The van der Waals surface area contributed by atoms with Crippen molar-refractivity contribution in [3.05, 3.63) is 42.7 Å². The minimum atomic E-state index is 0.619. The Morgan fingerprint density at radius 3 is 2.47 bits per heavy atom. The van der Waals surface area contributed by atoms with E-state index in [0.29, 0.717) is 17.2 Å². The van der Waals surface area contributed by atoms with Crippen LogP contribution in [0.1, 0.15) is 0 Å². The molecule has 0 aliphatic rings. The van der Waals surface area contributed by atoms with Crippen LogP contribution >= 0.6 is 0 Å². The largest absolute Gasteiger partial charge is 0.497 e. The second-order valence-electron chi connectivity index (χ2n) is 3.31. The van der Waals surface area contributed by atoms with E-state index >= 15 is 0 Å². The van der Waals surface area contributed by atoms with Gasteiger partial charge in [0.15, 0.2) is 11.5 Å². The van der Waals surface area contributed by atoms with Gasteiger partial charge in [0.25, 0.3) is 0 Å². The highest BCUT2D eigenvalue weighted by molar-refractivity contribution is 5.47. The third kappa shape index (κ3) is 2.66. The fourth-order valence-electron chi connectivity index (χ4n) is 1.39. The number of ether oxygens (including phenoxy) is 3. The monoisotopic (exact) mass is 231 g/mol. The summed E-state index contributed by atoms with van der Waals surface area (Å²) in [6.07, 6.45) is 3.34. The molecule has 0 N–H and O–H groups in total. The van der Waals surface area contributed by atoms with Crippen LogP contribution in [0, 0.1) is 0 Å². The van der Waals surface area contributed by atoms with Crippen LogP contribution in [0.3, 0.4) is 0 Å². The Bertz CT molecular complexity index is 485. The summed E-state index contributed by atoms with van der Waals surface area (Å²) >= 11 is 0. The molecule has 0 radical (unpaired) electrons. The van der Waals surface area contributed by atoms with Crippen molar-refractivity contribution >= 4 is 0 Å². The summed E-state index contributed by atoms with van der Waals surface area (Å²) in [5.74, 6) is 2.63. The van der Waals surface area contributed by atoms with Gasteiger partial charge in [0, 0.05) is 12.3 Å². The van der Waals surface area contributed by atoms with Crippen molar-refractivity contribution < 1.29 is 14.2 Å². The van der Waals surface area contributed by atoms with Crippen molar-refractivity contribution in [2.45, 2.75) is 0 Å². The van der Waals surface area contributed by atoms with Gasteiger partial charge in [0.1, 0.15) is 11.5 Å². The van der Waals surface area contributed by atoms with Gasteiger partial charge in [-0.15, -0.1) is 0 Å². The van der Waals surface area contributed by atoms with Crippen LogP contribution in [0.4, 0.5) is 0 Å². The van der Waals surface area contributed by atoms with Crippen LogP contribution in [-0.2, 0) is 0 Å². The molecule has 17 heavy (non-hydrogen) atoms. The van der Waals surface area contributed by atoms with Crippen LogP contribution < -0.4 is 14.2 Å². The van der Waals surface area contributed by atoms with E-state index in [1.807, 2.05) is 18.2 Å². The number of hydrogen-bond acceptors (Lipinski definition) is 4. The summed E-state index contributed by atoms with van der Waals surface area (Å²) in [7, 11) is 3.20. The number of benzene rings is 1. The highest BCUT2D eigenvalue weighted by atomic mass is 16.5. The maximum absolute atomic E-state index is 5.66. The number of hydrogen-bond donors (Lipinski definition) is 0. The van der Waals surface area contributed by atoms with Crippen molar-refractivity contribution in [2.24, 2.45) is 0 Å². The van der Waals surface area contributed by atoms with E-state index in [0.717, 1.165) is 5.75 Å². The molecule has 4 nitrogen and oxygen atoms in total. The first kappa shape index (κ1) is 11.3. The molecule has 1 aromatic carbocycles. The molecule has 0 saturated heterocycles. The van der Waals surface area contributed by atoms with E-state index < -0.39 is 0 Å². The Hall–Kier alpha value is -2.23. The zero-order valence-electron chi connectivity index (χ0n) is 9.71. The van der Waals surface area contributed by atoms with Crippen molar-refractivity contribution in [3.63, 3.8) is 0 Å². The van der Waals surface area contributed by atoms with Crippen molar-refractivity contribution in [3.8, 4) is 23.0 Å². The third-order valence-electron chi connectivity index (χ3n) is 2.23. The maximum Gasteiger partial charge on any atom is 0.169 e. The van der Waals surface area contributed by atoms with Gasteiger partial charge in [-0.1, -0.05) is 0 Å². The summed E-state index contributed by atoms with van der Waals surface area (Å²) in [5, 5.41) is 0. The predicted molar refractivity (Wildman–Crippen MR) is 63.9 cm³/mol. The SMILES string of the molecule is COc1ccc(Oc2cccnc2)c(OC)c1. The summed E-state index contributed by atoms with van der Waals surface area (Å²) in [6, 6.07) is 9.02. The summed E-state index contributed by atoms with van der Waals surface area (Å²) < 4.78 is 16.0. The molecule has 0 aliphatic carbocycles. The van der Waals surface area contributed by atoms with Gasteiger partial charge in [-0.3, -0.25) is 4.98 Å². The Balaban J connectivity index is 2.26. The van der Waals surface area contributed by atoms with Gasteiger partial charge >= 0.3 is 0 Å². The molecule has 0 amide bonds. The topological polar surface area (TPSA) is 40.6 Å². The summed E-state index contributed by atoms with van der Waals surface area (Å²) in [4.78, 5) is 3.98. The molecule has 88 valence electrons. The Labute approximate surface area is 99.8 Å². The van der Waals surface area contributed by atoms with E-state index in [1.54, 1.807) is 38.7 Å². The van der Waals surface area contributed by atoms with Crippen LogP contribution in [0.5, 0.6) is 23.0 Å². The van der Waals surface area contributed by atoms with Gasteiger partial charge in [0.05, 0.1) is 20.4 Å². The highest BCUT2D eigenvalue weighted by Gasteiger charge is 2.07. The van der Waals surface area contributed by atoms with Crippen molar-refractivity contribution in [1.82, 2.24) is 4.98 Å². The molecular weight excluding hydrogens is 218 g/mol. The molecule has 0 bridgehead atoms. The van der Waals surface area contributed by atoms with Crippen LogP contribution in [-0.4, -0.2) is 19.2 Å². The molecule has 2 rings (SSSR count). The Morgan fingerprint density at radius 1 is 0.941 bits per heavy atom. The average Bonchev–Trinajstić information content (AvgIpc) is 2.40. The molecule has 0 saturated carbocycles. The van der Waals surface area contributed by atoms with E-state index in [1.165, 1.54) is 0 Å². The molecule has 4 heteroatoms. The molecular formula is C13H13NO3. The number of pyridine rings is 1. The lowest BCUT2D eigenvalue weighted by Gasteiger charge is -2.11. The number of methoxy groups -OCH3 is 2. The van der Waals surface area contributed by atoms with Gasteiger partial charge in [-0.25, -0.2) is 0 Å². The highest BCUT2D eigenvalue weighted by Crippen LogP contribution is 2.34. The molecule has 0 unspecified atom stereocenters. The summed E-state index contributed by atoms with van der Waals surface area (Å²) in [5.41, 5.74) is 0. The zero-order chi connectivity index (χ0) is 12.1. The van der Waals surface area contributed by atoms with Gasteiger partial charge in [-0.2, -0.15) is 0 Å². The third-order valence-corrected chi connectivity index (χ3v) is 2.23. The minimum Gasteiger partial charge on any atom is -0.497 e. The molecule has 0 fully saturated rings.